The number of rotatable bonds is 1. The van der Waals surface area contributed by atoms with Gasteiger partial charge in [-0.15, -0.1) is 5.47 Å². The fourth-order valence-corrected chi connectivity index (χ4v) is 0.839. The van der Waals surface area contributed by atoms with Crippen molar-refractivity contribution in [2.75, 3.05) is 13.2 Å². The van der Waals surface area contributed by atoms with E-state index in [0.717, 1.165) is 6.08 Å². The summed E-state index contributed by atoms with van der Waals surface area (Å²) in [5, 5.41) is 0. The molecule has 0 unspecified atom stereocenters. The van der Waals surface area contributed by atoms with Gasteiger partial charge in [-0.25, -0.2) is 0 Å². The molecule has 0 amide bonds. The Morgan fingerprint density at radius 2 is 2.00 bits per heavy atom. The summed E-state index contributed by atoms with van der Waals surface area (Å²) in [6, 6.07) is 0. The first-order valence-electron chi connectivity index (χ1n) is 3.07. The second-order valence-corrected chi connectivity index (χ2v) is 2.18. The molecule has 0 aromatic carbocycles. The average molecular weight is 190 g/mol. The quantitative estimate of drug-likeness (QED) is 0.468. The monoisotopic (exact) mass is 190 g/mol. The van der Waals surface area contributed by atoms with E-state index in [1.54, 1.807) is 0 Å². The summed E-state index contributed by atoms with van der Waals surface area (Å²) in [4.78, 5) is 0. The van der Waals surface area contributed by atoms with Crippen LogP contribution in [-0.4, -0.2) is 20.2 Å². The summed E-state index contributed by atoms with van der Waals surface area (Å²) < 4.78 is 40.4. The minimum atomic E-state index is -4.75. The molecule has 1 aliphatic heterocycles. The van der Waals surface area contributed by atoms with Crippen LogP contribution in [0.1, 0.15) is 6.42 Å². The molecule has 0 N–H and O–H groups in total. The van der Waals surface area contributed by atoms with Gasteiger partial charge in [0.1, 0.15) is 0 Å². The van der Waals surface area contributed by atoms with Crippen LogP contribution in [0.15, 0.2) is 11.5 Å². The second-order valence-electron chi connectivity index (χ2n) is 2.18. The summed E-state index contributed by atoms with van der Waals surface area (Å²) in [5.41, 5.74) is -0.397. The topological polar surface area (TPSA) is 9.23 Å². The molecule has 58 valence electrons. The molecule has 1 heterocycles. The van der Waals surface area contributed by atoms with Crippen molar-refractivity contribution in [1.29, 1.82) is 0 Å². The molecule has 0 fully saturated rings. The molecule has 0 aliphatic carbocycles. The Morgan fingerprint density at radius 1 is 1.36 bits per heavy atom. The molecule has 11 heavy (non-hydrogen) atoms. The van der Waals surface area contributed by atoms with Crippen molar-refractivity contribution in [2.45, 2.75) is 6.42 Å². The van der Waals surface area contributed by atoms with Gasteiger partial charge in [-0.2, -0.15) is 0 Å². The Kier molecular flexibility index (Phi) is 5.58. The largest absolute Gasteiger partial charge is 1.00 e. The molecule has 6 heteroatoms. The Balaban J connectivity index is 0.000001000. The summed E-state index contributed by atoms with van der Waals surface area (Å²) in [6.07, 6.45) is 1.13. The minimum absolute atomic E-state index is 0. The van der Waals surface area contributed by atoms with Crippen molar-refractivity contribution in [3.63, 3.8) is 0 Å². The third-order valence-electron chi connectivity index (χ3n) is 1.42. The van der Waals surface area contributed by atoms with Crippen molar-refractivity contribution >= 4 is 6.98 Å². The van der Waals surface area contributed by atoms with Gasteiger partial charge in [0, 0.05) is 6.61 Å². The van der Waals surface area contributed by atoms with Crippen LogP contribution >= 0.6 is 0 Å². The van der Waals surface area contributed by atoms with Gasteiger partial charge in [-0.3, -0.25) is 0 Å². The molecule has 0 spiro atoms. The van der Waals surface area contributed by atoms with Crippen LogP contribution in [0.4, 0.5) is 12.9 Å². The SMILES string of the molecule is F[B-](F)(F)C1=CCOCC1.[K+]. The predicted octanol–water partition coefficient (Wildman–Crippen LogP) is -1.28. The maximum Gasteiger partial charge on any atom is 1.00 e. The first kappa shape index (κ1) is 12.2. The van der Waals surface area contributed by atoms with E-state index >= 15 is 0 Å². The molecule has 0 radical (unpaired) electrons. The summed E-state index contributed by atoms with van der Waals surface area (Å²) in [5.74, 6) is 0. The first-order valence-corrected chi connectivity index (χ1v) is 3.07. The smallest absolute Gasteiger partial charge is 0.445 e. The minimum Gasteiger partial charge on any atom is -0.445 e. The molecule has 0 bridgehead atoms. The van der Waals surface area contributed by atoms with Crippen molar-refractivity contribution in [2.24, 2.45) is 0 Å². The molecule has 0 aromatic rings. The molecule has 0 saturated carbocycles. The zero-order chi connectivity index (χ0) is 7.61. The molecular formula is C5H7BF3KO. The van der Waals surface area contributed by atoms with Gasteiger partial charge in [-0.05, 0) is 6.42 Å². The van der Waals surface area contributed by atoms with Gasteiger partial charge in [0.25, 0.3) is 0 Å². The van der Waals surface area contributed by atoms with E-state index in [2.05, 4.69) is 0 Å². The van der Waals surface area contributed by atoms with E-state index in [-0.39, 0.29) is 71.0 Å². The zero-order valence-electron chi connectivity index (χ0n) is 6.32. The molecular weight excluding hydrogens is 183 g/mol. The third kappa shape index (κ3) is 4.10. The van der Waals surface area contributed by atoms with Crippen LogP contribution in [-0.2, 0) is 4.74 Å². The molecule has 1 rings (SSSR count). The average Bonchev–Trinajstić information content (AvgIpc) is 1.88. The Bertz CT molecular complexity index is 156. The van der Waals surface area contributed by atoms with Crippen molar-refractivity contribution in [3.05, 3.63) is 11.5 Å². The van der Waals surface area contributed by atoms with Crippen LogP contribution in [0, 0.1) is 0 Å². The standard InChI is InChI=1S/C5H7BF3O.K/c7-6(8,9)5-1-3-10-4-2-5;/h1H,2-4H2;/q-1;+1. The van der Waals surface area contributed by atoms with Crippen LogP contribution in [0.25, 0.3) is 0 Å². The van der Waals surface area contributed by atoms with E-state index < -0.39 is 12.4 Å². The van der Waals surface area contributed by atoms with Gasteiger partial charge < -0.3 is 17.7 Å². The Labute approximate surface area is 106 Å². The van der Waals surface area contributed by atoms with Crippen LogP contribution < -0.4 is 51.4 Å². The van der Waals surface area contributed by atoms with Crippen LogP contribution in [0.2, 0.25) is 0 Å². The van der Waals surface area contributed by atoms with E-state index in [1.807, 2.05) is 0 Å². The summed E-state index contributed by atoms with van der Waals surface area (Å²) in [6.45, 7) is -4.44. The fraction of sp³-hybridized carbons (Fsp3) is 0.600. The van der Waals surface area contributed by atoms with Crippen LogP contribution in [0.5, 0.6) is 0 Å². The number of ether oxygens (including phenoxy) is 1. The first-order chi connectivity index (χ1) is 4.61. The zero-order valence-corrected chi connectivity index (χ0v) is 9.44. The second kappa shape index (κ2) is 5.04. The normalized spacial score (nSPS) is 18.6. The number of halogens is 3. The molecule has 0 aromatic heterocycles. The summed E-state index contributed by atoms with van der Waals surface area (Å²) >= 11 is 0. The predicted molar refractivity (Wildman–Crippen MR) is 32.6 cm³/mol. The van der Waals surface area contributed by atoms with Crippen LogP contribution in [0.3, 0.4) is 0 Å². The van der Waals surface area contributed by atoms with Gasteiger partial charge in [-0.1, -0.05) is 6.08 Å². The maximum atomic E-state index is 11.9. The van der Waals surface area contributed by atoms with E-state index in [1.165, 1.54) is 0 Å². The van der Waals surface area contributed by atoms with Gasteiger partial charge in [0.15, 0.2) is 0 Å². The van der Waals surface area contributed by atoms with Crippen molar-refractivity contribution in [3.8, 4) is 0 Å². The Morgan fingerprint density at radius 3 is 2.27 bits per heavy atom. The molecule has 1 nitrogen and oxygen atoms in total. The fourth-order valence-electron chi connectivity index (χ4n) is 0.839. The van der Waals surface area contributed by atoms with Gasteiger partial charge in [0.2, 0.25) is 0 Å². The maximum absolute atomic E-state index is 11.9. The van der Waals surface area contributed by atoms with E-state index in [4.69, 9.17) is 4.74 Å². The molecule has 1 aliphatic rings. The number of hydrogen-bond donors (Lipinski definition) is 0. The number of hydrogen-bond acceptors (Lipinski definition) is 1. The van der Waals surface area contributed by atoms with Crippen molar-refractivity contribution < 1.29 is 69.1 Å². The Hall–Kier alpha value is 1.19. The van der Waals surface area contributed by atoms with E-state index in [9.17, 15) is 12.9 Å². The van der Waals surface area contributed by atoms with Gasteiger partial charge >= 0.3 is 58.4 Å². The molecule has 0 saturated heterocycles. The summed E-state index contributed by atoms with van der Waals surface area (Å²) in [7, 11) is 0. The third-order valence-corrected chi connectivity index (χ3v) is 1.42. The molecule has 0 atom stereocenters. The van der Waals surface area contributed by atoms with Crippen molar-refractivity contribution in [1.82, 2.24) is 0 Å². The van der Waals surface area contributed by atoms with Gasteiger partial charge in [0.05, 0.1) is 6.61 Å². The van der Waals surface area contributed by atoms with E-state index in [0.29, 0.717) is 0 Å².